The Hall–Kier alpha value is -2.11. The van der Waals surface area contributed by atoms with Crippen LogP contribution in [0.1, 0.15) is 18.9 Å². The summed E-state index contributed by atoms with van der Waals surface area (Å²) in [5.74, 6) is -1.75. The Morgan fingerprint density at radius 3 is 2.79 bits per heavy atom. The second-order valence-electron chi connectivity index (χ2n) is 3.93. The number of carboxylic acid groups (broad SMARTS) is 1. The number of nitrogens with zero attached hydrogens (tertiary/aromatic N) is 3. The van der Waals surface area contributed by atoms with Crippen LogP contribution in [0.2, 0.25) is 0 Å². The molecule has 1 aromatic carbocycles. The van der Waals surface area contributed by atoms with Gasteiger partial charge in [0.15, 0.2) is 0 Å². The molecular weight excluding hydrogens is 251 g/mol. The van der Waals surface area contributed by atoms with Crippen LogP contribution < -0.4 is 5.32 Å². The van der Waals surface area contributed by atoms with E-state index in [1.54, 1.807) is 13.0 Å². The van der Waals surface area contributed by atoms with Gasteiger partial charge in [0.05, 0.1) is 0 Å². The number of carbonyl (C=O) groups is 1. The van der Waals surface area contributed by atoms with Gasteiger partial charge < -0.3 is 5.11 Å². The van der Waals surface area contributed by atoms with Crippen LogP contribution in [0.3, 0.4) is 0 Å². The van der Waals surface area contributed by atoms with Crippen molar-refractivity contribution in [1.82, 2.24) is 5.32 Å². The van der Waals surface area contributed by atoms with Crippen molar-refractivity contribution in [3.8, 4) is 0 Å². The van der Waals surface area contributed by atoms with E-state index < -0.39 is 17.3 Å². The van der Waals surface area contributed by atoms with Gasteiger partial charge in [-0.1, -0.05) is 30.2 Å². The molecule has 0 aromatic heterocycles. The number of hydrogen-bond donors (Lipinski definition) is 2. The lowest BCUT2D eigenvalue weighted by Crippen LogP contribution is -2.50. The Morgan fingerprint density at radius 2 is 2.26 bits per heavy atom. The third-order valence-corrected chi connectivity index (χ3v) is 2.93. The van der Waals surface area contributed by atoms with Gasteiger partial charge in [0, 0.05) is 23.6 Å². The highest BCUT2D eigenvalue weighted by molar-refractivity contribution is 5.80. The zero-order chi connectivity index (χ0) is 14.3. The van der Waals surface area contributed by atoms with Crippen molar-refractivity contribution in [3.05, 3.63) is 46.1 Å². The van der Waals surface area contributed by atoms with Gasteiger partial charge in [0.25, 0.3) is 0 Å². The van der Waals surface area contributed by atoms with E-state index in [2.05, 4.69) is 15.3 Å². The zero-order valence-corrected chi connectivity index (χ0v) is 10.5. The van der Waals surface area contributed by atoms with E-state index in [1.807, 2.05) is 0 Å². The highest BCUT2D eigenvalue weighted by Crippen LogP contribution is 2.27. The molecule has 0 heterocycles. The molecule has 102 valence electrons. The summed E-state index contributed by atoms with van der Waals surface area (Å²) in [4.78, 5) is 14.1. The predicted octanol–water partition coefficient (Wildman–Crippen LogP) is 2.42. The minimum atomic E-state index is -1.52. The summed E-state index contributed by atoms with van der Waals surface area (Å²) >= 11 is 0. The maximum absolute atomic E-state index is 13.8. The van der Waals surface area contributed by atoms with Crippen molar-refractivity contribution in [1.29, 1.82) is 0 Å². The first-order valence-electron chi connectivity index (χ1n) is 5.82. The van der Waals surface area contributed by atoms with E-state index in [0.29, 0.717) is 0 Å². The summed E-state index contributed by atoms with van der Waals surface area (Å²) in [7, 11) is 0. The molecule has 7 heteroatoms. The number of hydrogen-bond acceptors (Lipinski definition) is 3. The largest absolute Gasteiger partial charge is 0.480 e. The van der Waals surface area contributed by atoms with Gasteiger partial charge in [-0.3, -0.25) is 5.32 Å². The standard InChI is InChI=1S/C12H15FN4O2/c1-2-12(11(18)19,15-7-8-16-17-14)9-5-3-4-6-10(9)13/h3-6,15H,2,7-8H2,1H3,(H,18,19). The fraction of sp³-hybridized carbons (Fsp3) is 0.417. The SMILES string of the molecule is CCC(NCCN=[N+]=[N-])(C(=O)O)c1ccccc1F. The first kappa shape index (κ1) is 14.9. The molecule has 0 saturated heterocycles. The molecular formula is C12H15FN4O2. The van der Waals surface area contributed by atoms with Crippen molar-refractivity contribution < 1.29 is 14.3 Å². The van der Waals surface area contributed by atoms with Crippen molar-refractivity contribution in [2.75, 3.05) is 13.1 Å². The summed E-state index contributed by atoms with van der Waals surface area (Å²) in [6.45, 7) is 1.90. The van der Waals surface area contributed by atoms with Gasteiger partial charge in [-0.05, 0) is 18.0 Å². The molecule has 0 aliphatic carbocycles. The number of rotatable bonds is 7. The average Bonchev–Trinajstić information content (AvgIpc) is 2.40. The molecule has 0 aliphatic rings. The average molecular weight is 266 g/mol. The van der Waals surface area contributed by atoms with E-state index in [9.17, 15) is 14.3 Å². The molecule has 0 aliphatic heterocycles. The molecule has 0 amide bonds. The second kappa shape index (κ2) is 6.72. The summed E-state index contributed by atoms with van der Waals surface area (Å²) in [5.41, 5.74) is 6.73. The fourth-order valence-corrected chi connectivity index (χ4v) is 1.92. The van der Waals surface area contributed by atoms with Crippen LogP contribution in [0.5, 0.6) is 0 Å². The summed E-state index contributed by atoms with van der Waals surface area (Å²) < 4.78 is 13.8. The Bertz CT molecular complexity index is 502. The molecule has 0 bridgehead atoms. The monoisotopic (exact) mass is 266 g/mol. The minimum absolute atomic E-state index is 0.0749. The zero-order valence-electron chi connectivity index (χ0n) is 10.5. The molecule has 1 aromatic rings. The minimum Gasteiger partial charge on any atom is -0.480 e. The quantitative estimate of drug-likeness (QED) is 0.343. The van der Waals surface area contributed by atoms with Crippen molar-refractivity contribution >= 4 is 5.97 Å². The first-order valence-corrected chi connectivity index (χ1v) is 5.82. The maximum atomic E-state index is 13.8. The third kappa shape index (κ3) is 3.21. The van der Waals surface area contributed by atoms with Gasteiger partial charge in [-0.2, -0.15) is 0 Å². The smallest absolute Gasteiger partial charge is 0.328 e. The second-order valence-corrected chi connectivity index (χ2v) is 3.93. The van der Waals surface area contributed by atoms with E-state index >= 15 is 0 Å². The molecule has 0 fully saturated rings. The first-order chi connectivity index (χ1) is 9.08. The Kier molecular flexibility index (Phi) is 5.29. The van der Waals surface area contributed by atoms with E-state index in [-0.39, 0.29) is 25.1 Å². The van der Waals surface area contributed by atoms with Gasteiger partial charge in [-0.15, -0.1) is 0 Å². The normalized spacial score (nSPS) is 13.4. The van der Waals surface area contributed by atoms with E-state index in [0.717, 1.165) is 0 Å². The number of benzene rings is 1. The Morgan fingerprint density at radius 1 is 1.58 bits per heavy atom. The Labute approximate surface area is 109 Å². The van der Waals surface area contributed by atoms with Crippen LogP contribution in [0, 0.1) is 5.82 Å². The molecule has 6 nitrogen and oxygen atoms in total. The lowest BCUT2D eigenvalue weighted by Gasteiger charge is -2.30. The topological polar surface area (TPSA) is 98.1 Å². The van der Waals surface area contributed by atoms with Gasteiger partial charge in [-0.25, -0.2) is 9.18 Å². The van der Waals surface area contributed by atoms with Crippen LogP contribution >= 0.6 is 0 Å². The Balaban J connectivity index is 3.09. The molecule has 1 rings (SSSR count). The summed E-state index contributed by atoms with van der Waals surface area (Å²) in [6, 6.07) is 5.74. The van der Waals surface area contributed by atoms with Crippen LogP contribution in [0.4, 0.5) is 4.39 Å². The van der Waals surface area contributed by atoms with Gasteiger partial charge >= 0.3 is 5.97 Å². The molecule has 0 spiro atoms. The van der Waals surface area contributed by atoms with Crippen LogP contribution in [-0.2, 0) is 10.3 Å². The number of halogens is 1. The van der Waals surface area contributed by atoms with Crippen LogP contribution in [0.15, 0.2) is 29.4 Å². The molecule has 19 heavy (non-hydrogen) atoms. The van der Waals surface area contributed by atoms with E-state index in [4.69, 9.17) is 5.53 Å². The highest BCUT2D eigenvalue weighted by Gasteiger charge is 2.39. The molecule has 1 unspecified atom stereocenters. The molecule has 0 saturated carbocycles. The number of carboxylic acids is 1. The molecule has 1 atom stereocenters. The van der Waals surface area contributed by atoms with Gasteiger partial charge in [0.2, 0.25) is 0 Å². The van der Waals surface area contributed by atoms with Crippen LogP contribution in [-0.4, -0.2) is 24.2 Å². The van der Waals surface area contributed by atoms with Crippen LogP contribution in [0.25, 0.3) is 10.4 Å². The number of azide groups is 1. The number of aliphatic carboxylic acids is 1. The van der Waals surface area contributed by atoms with Crippen molar-refractivity contribution in [3.63, 3.8) is 0 Å². The summed E-state index contributed by atoms with van der Waals surface area (Å²) in [5, 5.41) is 15.5. The predicted molar refractivity (Wildman–Crippen MR) is 68.0 cm³/mol. The fourth-order valence-electron chi connectivity index (χ4n) is 1.92. The van der Waals surface area contributed by atoms with E-state index in [1.165, 1.54) is 18.2 Å². The summed E-state index contributed by atoms with van der Waals surface area (Å²) in [6.07, 6.45) is 0.166. The highest BCUT2D eigenvalue weighted by atomic mass is 19.1. The van der Waals surface area contributed by atoms with Crippen molar-refractivity contribution in [2.24, 2.45) is 5.11 Å². The molecule has 2 N–H and O–H groups in total. The molecule has 0 radical (unpaired) electrons. The lowest BCUT2D eigenvalue weighted by atomic mass is 9.86. The third-order valence-electron chi connectivity index (χ3n) is 2.93. The van der Waals surface area contributed by atoms with Gasteiger partial charge in [0.1, 0.15) is 11.4 Å². The van der Waals surface area contributed by atoms with Crippen molar-refractivity contribution in [2.45, 2.75) is 18.9 Å². The number of nitrogens with one attached hydrogen (secondary N) is 1. The maximum Gasteiger partial charge on any atom is 0.328 e. The lowest BCUT2D eigenvalue weighted by molar-refractivity contribution is -0.145.